The molecule has 0 radical (unpaired) electrons. The molecule has 14 heavy (non-hydrogen) atoms. The molecule has 0 heterocycles. The standard InChI is InChI=1S/C10H14GeO3/c1-11(2,3)8-6-4-5-7(9(8)12)10(13)14/h4-6,12H,1-3H3,(H,13,14). The number of carbonyl (C=O) groups is 1. The van der Waals surface area contributed by atoms with Gasteiger partial charge in [0, 0.05) is 0 Å². The molecule has 0 saturated heterocycles. The third-order valence-corrected chi connectivity index (χ3v) is 6.31. The van der Waals surface area contributed by atoms with Crippen molar-refractivity contribution in [3.05, 3.63) is 23.8 Å². The molecule has 0 aliphatic heterocycles. The molecule has 0 fully saturated rings. The summed E-state index contributed by atoms with van der Waals surface area (Å²) in [6.45, 7) is 0. The molecular weight excluding hydrogens is 241 g/mol. The second-order valence-corrected chi connectivity index (χ2v) is 14.8. The zero-order valence-electron chi connectivity index (χ0n) is 8.53. The maximum atomic E-state index is 10.8. The van der Waals surface area contributed by atoms with E-state index in [0.29, 0.717) is 0 Å². The zero-order valence-corrected chi connectivity index (χ0v) is 10.6. The Kier molecular flexibility index (Phi) is 2.90. The minimum absolute atomic E-state index is 0.00282. The number of para-hydroxylation sites is 1. The van der Waals surface area contributed by atoms with Crippen LogP contribution in [0.3, 0.4) is 0 Å². The first-order valence-electron chi connectivity index (χ1n) is 4.40. The quantitative estimate of drug-likeness (QED) is 0.789. The van der Waals surface area contributed by atoms with Gasteiger partial charge < -0.3 is 0 Å². The number of rotatable bonds is 2. The number of benzene rings is 1. The van der Waals surface area contributed by atoms with E-state index in [0.717, 1.165) is 4.40 Å². The number of carboxylic acids is 1. The molecule has 0 aliphatic carbocycles. The molecule has 4 heteroatoms. The third kappa shape index (κ3) is 2.09. The van der Waals surface area contributed by atoms with Gasteiger partial charge in [-0.25, -0.2) is 0 Å². The van der Waals surface area contributed by atoms with Crippen molar-refractivity contribution in [2.45, 2.75) is 17.3 Å². The van der Waals surface area contributed by atoms with Crippen LogP contribution in [0.1, 0.15) is 10.4 Å². The first kappa shape index (κ1) is 11.1. The predicted molar refractivity (Wildman–Crippen MR) is 58.0 cm³/mol. The molecule has 1 aromatic rings. The van der Waals surface area contributed by atoms with Gasteiger partial charge in [-0.05, 0) is 0 Å². The van der Waals surface area contributed by atoms with Crippen LogP contribution >= 0.6 is 0 Å². The number of phenols is 1. The Morgan fingerprint density at radius 2 is 1.86 bits per heavy atom. The van der Waals surface area contributed by atoms with Gasteiger partial charge in [0.05, 0.1) is 0 Å². The Labute approximate surface area is 85.7 Å². The molecule has 0 bridgehead atoms. The van der Waals surface area contributed by atoms with Crippen molar-refractivity contribution in [3.8, 4) is 5.75 Å². The van der Waals surface area contributed by atoms with Crippen molar-refractivity contribution in [1.29, 1.82) is 0 Å². The predicted octanol–water partition coefficient (Wildman–Crippen LogP) is 1.64. The van der Waals surface area contributed by atoms with Crippen molar-refractivity contribution in [2.75, 3.05) is 0 Å². The van der Waals surface area contributed by atoms with Gasteiger partial charge in [0.1, 0.15) is 0 Å². The van der Waals surface area contributed by atoms with Crippen molar-refractivity contribution in [3.63, 3.8) is 0 Å². The molecule has 0 atom stereocenters. The summed E-state index contributed by atoms with van der Waals surface area (Å²) in [4.78, 5) is 10.8. The van der Waals surface area contributed by atoms with Crippen LogP contribution in [-0.4, -0.2) is 29.4 Å². The second-order valence-electron chi connectivity index (χ2n) is 4.26. The Morgan fingerprint density at radius 3 is 2.29 bits per heavy atom. The average Bonchev–Trinajstić information content (AvgIpc) is 2.01. The minimum atomic E-state index is -2.16. The summed E-state index contributed by atoms with van der Waals surface area (Å²) in [5.41, 5.74) is 0.00282. The van der Waals surface area contributed by atoms with Crippen LogP contribution < -0.4 is 4.40 Å². The van der Waals surface area contributed by atoms with Crippen LogP contribution in [0.25, 0.3) is 0 Å². The van der Waals surface area contributed by atoms with Crippen LogP contribution in [0.4, 0.5) is 0 Å². The summed E-state index contributed by atoms with van der Waals surface area (Å²) in [7, 11) is 0. The van der Waals surface area contributed by atoms with Crippen molar-refractivity contribution in [2.24, 2.45) is 0 Å². The van der Waals surface area contributed by atoms with E-state index in [2.05, 4.69) is 17.3 Å². The fourth-order valence-electron chi connectivity index (χ4n) is 1.32. The first-order valence-corrected chi connectivity index (χ1v) is 11.7. The summed E-state index contributed by atoms with van der Waals surface area (Å²) in [5.74, 6) is 5.21. The number of aromatic carboxylic acids is 1. The van der Waals surface area contributed by atoms with E-state index in [-0.39, 0.29) is 11.3 Å². The fraction of sp³-hybridized carbons (Fsp3) is 0.300. The zero-order chi connectivity index (χ0) is 10.9. The first-order chi connectivity index (χ1) is 6.34. The topological polar surface area (TPSA) is 57.5 Å². The average molecular weight is 255 g/mol. The molecule has 1 aromatic carbocycles. The number of aromatic hydroxyl groups is 1. The van der Waals surface area contributed by atoms with E-state index in [1.54, 1.807) is 6.07 Å². The van der Waals surface area contributed by atoms with Gasteiger partial charge in [-0.15, -0.1) is 0 Å². The van der Waals surface area contributed by atoms with Crippen molar-refractivity contribution >= 4 is 23.6 Å². The number of hydrogen-bond acceptors (Lipinski definition) is 2. The molecular formula is C10H14GeO3. The van der Waals surface area contributed by atoms with Gasteiger partial charge in [0.2, 0.25) is 0 Å². The van der Waals surface area contributed by atoms with Gasteiger partial charge in [-0.2, -0.15) is 0 Å². The Balaban J connectivity index is 3.35. The van der Waals surface area contributed by atoms with Crippen LogP contribution in [-0.2, 0) is 0 Å². The summed E-state index contributed by atoms with van der Waals surface area (Å²) in [6, 6.07) is 4.94. The molecule has 76 valence electrons. The van der Waals surface area contributed by atoms with Crippen LogP contribution in [0, 0.1) is 0 Å². The van der Waals surface area contributed by atoms with E-state index >= 15 is 0 Å². The second kappa shape index (κ2) is 3.65. The van der Waals surface area contributed by atoms with E-state index in [1.807, 2.05) is 6.07 Å². The number of carboxylic acid groups (broad SMARTS) is 1. The molecule has 1 rings (SSSR count). The molecule has 0 saturated carbocycles. The van der Waals surface area contributed by atoms with Crippen LogP contribution in [0.5, 0.6) is 5.75 Å². The van der Waals surface area contributed by atoms with Gasteiger partial charge in [-0.1, -0.05) is 0 Å². The molecule has 0 aromatic heterocycles. The van der Waals surface area contributed by atoms with E-state index < -0.39 is 19.2 Å². The number of hydrogen-bond donors (Lipinski definition) is 2. The molecule has 0 aliphatic rings. The monoisotopic (exact) mass is 256 g/mol. The van der Waals surface area contributed by atoms with Gasteiger partial charge in [0.25, 0.3) is 0 Å². The molecule has 0 spiro atoms. The van der Waals surface area contributed by atoms with Crippen molar-refractivity contribution in [1.82, 2.24) is 0 Å². The summed E-state index contributed by atoms with van der Waals surface area (Å²) in [6.07, 6.45) is 0. The van der Waals surface area contributed by atoms with Gasteiger partial charge in [-0.3, -0.25) is 0 Å². The van der Waals surface area contributed by atoms with E-state index in [9.17, 15) is 9.90 Å². The Hall–Kier alpha value is -0.967. The van der Waals surface area contributed by atoms with E-state index in [4.69, 9.17) is 5.11 Å². The van der Waals surface area contributed by atoms with E-state index in [1.165, 1.54) is 6.07 Å². The van der Waals surface area contributed by atoms with Crippen molar-refractivity contribution < 1.29 is 15.0 Å². The fourth-order valence-corrected chi connectivity index (χ4v) is 4.35. The Bertz CT molecular complexity index is 366. The third-order valence-electron chi connectivity index (χ3n) is 2.07. The Morgan fingerprint density at radius 1 is 1.29 bits per heavy atom. The van der Waals surface area contributed by atoms with Gasteiger partial charge in [0.15, 0.2) is 0 Å². The summed E-state index contributed by atoms with van der Waals surface area (Å²) < 4.78 is 0.838. The van der Waals surface area contributed by atoms with Crippen LogP contribution in [0.2, 0.25) is 17.3 Å². The van der Waals surface area contributed by atoms with Gasteiger partial charge >= 0.3 is 85.4 Å². The van der Waals surface area contributed by atoms with Crippen LogP contribution in [0.15, 0.2) is 18.2 Å². The SMILES string of the molecule is [CH3][Ge]([CH3])([CH3])[c]1cccc(C(=O)O)c1O. The molecule has 3 nitrogen and oxygen atoms in total. The molecule has 0 amide bonds. The normalized spacial score (nSPS) is 11.4. The summed E-state index contributed by atoms with van der Waals surface area (Å²) in [5, 5.41) is 18.6. The maximum absolute atomic E-state index is 10.8. The molecule has 2 N–H and O–H groups in total. The summed E-state index contributed by atoms with van der Waals surface area (Å²) >= 11 is -2.16. The molecule has 0 unspecified atom stereocenters.